The highest BCUT2D eigenvalue weighted by Crippen LogP contribution is 2.12. The molecule has 2 aromatic rings. The maximum Gasteiger partial charge on any atom is 0.253 e. The molecule has 0 bridgehead atoms. The van der Waals surface area contributed by atoms with E-state index in [4.69, 9.17) is 4.74 Å². The Bertz CT molecular complexity index is 800. The van der Waals surface area contributed by atoms with Crippen LogP contribution in [-0.4, -0.2) is 67.5 Å². The lowest BCUT2D eigenvalue weighted by Crippen LogP contribution is -2.55. The first-order valence-corrected chi connectivity index (χ1v) is 10.1. The molecule has 6 heteroatoms. The Hall–Kier alpha value is -2.86. The lowest BCUT2D eigenvalue weighted by Gasteiger charge is -2.37. The fraction of sp³-hybridized carbons (Fsp3) is 0.391. The number of rotatable bonds is 7. The molecule has 154 valence electrons. The van der Waals surface area contributed by atoms with Crippen LogP contribution in [0.3, 0.4) is 0 Å². The Morgan fingerprint density at radius 3 is 2.28 bits per heavy atom. The number of hydrogen-bond acceptors (Lipinski definition) is 4. The van der Waals surface area contributed by atoms with Crippen molar-refractivity contribution < 1.29 is 14.3 Å². The first kappa shape index (κ1) is 20.9. The Morgan fingerprint density at radius 2 is 1.66 bits per heavy atom. The van der Waals surface area contributed by atoms with Crippen molar-refractivity contribution in [3.05, 3.63) is 65.7 Å². The molecule has 1 atom stereocenters. The van der Waals surface area contributed by atoms with E-state index < -0.39 is 0 Å². The van der Waals surface area contributed by atoms with Crippen molar-refractivity contribution in [3.8, 4) is 5.75 Å². The van der Waals surface area contributed by atoms with Gasteiger partial charge in [-0.1, -0.05) is 30.3 Å². The molecule has 0 saturated carbocycles. The maximum atomic E-state index is 12.5. The molecule has 0 aliphatic carbocycles. The van der Waals surface area contributed by atoms with Gasteiger partial charge in [-0.05, 0) is 43.2 Å². The van der Waals surface area contributed by atoms with Gasteiger partial charge >= 0.3 is 0 Å². The average molecular weight is 396 g/mol. The highest BCUT2D eigenvalue weighted by Gasteiger charge is 2.27. The number of piperazine rings is 1. The van der Waals surface area contributed by atoms with Gasteiger partial charge in [-0.3, -0.25) is 14.5 Å². The normalized spacial score (nSPS) is 15.6. The summed E-state index contributed by atoms with van der Waals surface area (Å²) in [4.78, 5) is 29.1. The average Bonchev–Trinajstić information content (AvgIpc) is 2.79. The second kappa shape index (κ2) is 10.1. The lowest BCUT2D eigenvalue weighted by molar-refractivity contribution is -0.126. The van der Waals surface area contributed by atoms with Crippen LogP contribution in [0.2, 0.25) is 0 Å². The third kappa shape index (κ3) is 5.57. The van der Waals surface area contributed by atoms with Gasteiger partial charge in [0.05, 0.1) is 13.2 Å². The van der Waals surface area contributed by atoms with Crippen LogP contribution < -0.4 is 10.1 Å². The Morgan fingerprint density at radius 1 is 1.00 bits per heavy atom. The molecule has 2 amide bonds. The molecule has 0 aromatic heterocycles. The summed E-state index contributed by atoms with van der Waals surface area (Å²) in [7, 11) is 1.65. The number of hydrogen-bond donors (Lipinski definition) is 1. The van der Waals surface area contributed by atoms with Crippen LogP contribution in [0.4, 0.5) is 0 Å². The van der Waals surface area contributed by atoms with Gasteiger partial charge in [0.1, 0.15) is 5.75 Å². The van der Waals surface area contributed by atoms with Crippen molar-refractivity contribution in [2.45, 2.75) is 19.4 Å². The van der Waals surface area contributed by atoms with Gasteiger partial charge in [-0.25, -0.2) is 0 Å². The van der Waals surface area contributed by atoms with Crippen LogP contribution in [-0.2, 0) is 11.2 Å². The van der Waals surface area contributed by atoms with Crippen LogP contribution in [0.1, 0.15) is 22.8 Å². The zero-order valence-corrected chi connectivity index (χ0v) is 17.1. The van der Waals surface area contributed by atoms with Crippen LogP contribution in [0.5, 0.6) is 5.75 Å². The summed E-state index contributed by atoms with van der Waals surface area (Å²) in [6, 6.07) is 17.0. The minimum atomic E-state index is -0.208. The van der Waals surface area contributed by atoms with Gasteiger partial charge in [0.15, 0.2) is 0 Å². The third-order valence-electron chi connectivity index (χ3n) is 5.42. The molecule has 1 aliphatic rings. The summed E-state index contributed by atoms with van der Waals surface area (Å²) in [5.41, 5.74) is 1.87. The van der Waals surface area contributed by atoms with Gasteiger partial charge < -0.3 is 15.0 Å². The zero-order chi connectivity index (χ0) is 20.6. The Kier molecular flexibility index (Phi) is 7.25. The quantitative estimate of drug-likeness (QED) is 0.781. The molecule has 0 radical (unpaired) electrons. The third-order valence-corrected chi connectivity index (χ3v) is 5.42. The summed E-state index contributed by atoms with van der Waals surface area (Å²) < 4.78 is 5.16. The van der Waals surface area contributed by atoms with Crippen LogP contribution in [0, 0.1) is 0 Å². The topological polar surface area (TPSA) is 61.9 Å². The predicted molar refractivity (Wildman–Crippen MR) is 113 cm³/mol. The van der Waals surface area contributed by atoms with E-state index in [1.165, 1.54) is 0 Å². The molecule has 1 unspecified atom stereocenters. The predicted octanol–water partition coefficient (Wildman–Crippen LogP) is 2.20. The maximum absolute atomic E-state index is 12.5. The first-order valence-electron chi connectivity index (χ1n) is 10.1. The standard InChI is InChI=1S/C23H29N3O3/c1-18(22(27)24-13-12-19-8-10-21(29-2)11-9-19)25-14-16-26(17-15-25)23(28)20-6-4-3-5-7-20/h3-11,18H,12-17H2,1-2H3,(H,24,27). The lowest BCUT2D eigenvalue weighted by atomic mass is 10.1. The van der Waals surface area contributed by atoms with E-state index in [1.807, 2.05) is 66.4 Å². The first-order chi connectivity index (χ1) is 14.1. The number of nitrogens with zero attached hydrogens (tertiary/aromatic N) is 2. The van der Waals surface area contributed by atoms with Gasteiger partial charge in [0.25, 0.3) is 5.91 Å². The van der Waals surface area contributed by atoms with E-state index in [9.17, 15) is 9.59 Å². The summed E-state index contributed by atoms with van der Waals surface area (Å²) in [6.07, 6.45) is 0.780. The minimum absolute atomic E-state index is 0.0290. The van der Waals surface area contributed by atoms with Crippen molar-refractivity contribution in [2.24, 2.45) is 0 Å². The van der Waals surface area contributed by atoms with Crippen molar-refractivity contribution in [2.75, 3.05) is 39.8 Å². The second-order valence-corrected chi connectivity index (χ2v) is 7.26. The molecule has 1 N–H and O–H groups in total. The summed E-state index contributed by atoms with van der Waals surface area (Å²) in [6.45, 7) is 5.20. The highest BCUT2D eigenvalue weighted by atomic mass is 16.5. The van der Waals surface area contributed by atoms with E-state index in [1.54, 1.807) is 7.11 Å². The van der Waals surface area contributed by atoms with Crippen LogP contribution >= 0.6 is 0 Å². The van der Waals surface area contributed by atoms with Crippen molar-refractivity contribution in [1.82, 2.24) is 15.1 Å². The molecule has 2 aromatic carbocycles. The van der Waals surface area contributed by atoms with Gasteiger partial charge in [0, 0.05) is 38.3 Å². The summed E-state index contributed by atoms with van der Waals surface area (Å²) in [5.74, 6) is 0.916. The van der Waals surface area contributed by atoms with Crippen molar-refractivity contribution in [1.29, 1.82) is 0 Å². The SMILES string of the molecule is COc1ccc(CCNC(=O)C(C)N2CCN(C(=O)c3ccccc3)CC2)cc1. The fourth-order valence-electron chi connectivity index (χ4n) is 3.51. The molecule has 1 aliphatic heterocycles. The van der Waals surface area contributed by atoms with Crippen LogP contribution in [0.15, 0.2) is 54.6 Å². The molecule has 0 spiro atoms. The Labute approximate surface area is 172 Å². The number of carbonyl (C=O) groups excluding carboxylic acids is 2. The summed E-state index contributed by atoms with van der Waals surface area (Å²) >= 11 is 0. The molecule has 1 heterocycles. The molecule has 6 nitrogen and oxygen atoms in total. The van der Waals surface area contributed by atoms with Gasteiger partial charge in [-0.2, -0.15) is 0 Å². The molecular weight excluding hydrogens is 366 g/mol. The van der Waals surface area contributed by atoms with Crippen LogP contribution in [0.25, 0.3) is 0 Å². The fourth-order valence-corrected chi connectivity index (χ4v) is 3.51. The molecular formula is C23H29N3O3. The number of methoxy groups -OCH3 is 1. The number of amides is 2. The van der Waals surface area contributed by atoms with E-state index >= 15 is 0 Å². The summed E-state index contributed by atoms with van der Waals surface area (Å²) in [5, 5.41) is 3.02. The second-order valence-electron chi connectivity index (χ2n) is 7.26. The molecule has 1 saturated heterocycles. The van der Waals surface area contributed by atoms with Gasteiger partial charge in [-0.15, -0.1) is 0 Å². The van der Waals surface area contributed by atoms with E-state index in [-0.39, 0.29) is 17.9 Å². The van der Waals surface area contributed by atoms with E-state index in [0.29, 0.717) is 38.3 Å². The molecule has 1 fully saturated rings. The smallest absolute Gasteiger partial charge is 0.253 e. The number of benzene rings is 2. The molecule has 3 rings (SSSR count). The number of carbonyl (C=O) groups is 2. The van der Waals surface area contributed by atoms with Crippen molar-refractivity contribution in [3.63, 3.8) is 0 Å². The van der Waals surface area contributed by atoms with Crippen molar-refractivity contribution >= 4 is 11.8 Å². The monoisotopic (exact) mass is 395 g/mol. The number of ether oxygens (including phenoxy) is 1. The number of nitrogens with one attached hydrogen (secondary N) is 1. The Balaban J connectivity index is 1.41. The molecule has 29 heavy (non-hydrogen) atoms. The van der Waals surface area contributed by atoms with E-state index in [0.717, 1.165) is 17.7 Å². The van der Waals surface area contributed by atoms with Gasteiger partial charge in [0.2, 0.25) is 5.91 Å². The zero-order valence-electron chi connectivity index (χ0n) is 17.1. The minimum Gasteiger partial charge on any atom is -0.497 e. The van der Waals surface area contributed by atoms with E-state index in [2.05, 4.69) is 10.2 Å². The highest BCUT2D eigenvalue weighted by molar-refractivity contribution is 5.94. The largest absolute Gasteiger partial charge is 0.497 e.